The second kappa shape index (κ2) is 6.57. The van der Waals surface area contributed by atoms with E-state index < -0.39 is 10.2 Å². The highest BCUT2D eigenvalue weighted by atomic mass is 32.2. The molecule has 0 bridgehead atoms. The highest BCUT2D eigenvalue weighted by molar-refractivity contribution is 7.86. The third-order valence-electron chi connectivity index (χ3n) is 3.28. The minimum Gasteiger partial charge on any atom is -0.378 e. The second-order valence-corrected chi connectivity index (χ2v) is 6.96. The summed E-state index contributed by atoms with van der Waals surface area (Å²) < 4.78 is 32.7. The van der Waals surface area contributed by atoms with Gasteiger partial charge in [0.15, 0.2) is 0 Å². The van der Waals surface area contributed by atoms with Gasteiger partial charge in [-0.1, -0.05) is 0 Å². The first-order chi connectivity index (χ1) is 9.51. The van der Waals surface area contributed by atoms with E-state index in [2.05, 4.69) is 9.97 Å². The third kappa shape index (κ3) is 3.51. The molecule has 0 N–H and O–H groups in total. The molecule has 0 aliphatic carbocycles. The molecule has 20 heavy (non-hydrogen) atoms. The summed E-state index contributed by atoms with van der Waals surface area (Å²) in [6.45, 7) is 1.26. The Kier molecular flexibility index (Phi) is 5.03. The first kappa shape index (κ1) is 15.3. The lowest BCUT2D eigenvalue weighted by Crippen LogP contribution is -2.52. The summed E-state index contributed by atoms with van der Waals surface area (Å²) in [5.74, 6) is 0. The minimum absolute atomic E-state index is 0.154. The van der Waals surface area contributed by atoms with Gasteiger partial charge in [-0.2, -0.15) is 17.0 Å². The molecular formula is C12H20N4O3S. The van der Waals surface area contributed by atoms with Crippen molar-refractivity contribution < 1.29 is 13.2 Å². The summed E-state index contributed by atoms with van der Waals surface area (Å²) in [7, 11) is -0.311. The maximum Gasteiger partial charge on any atom is 0.281 e. The molecule has 0 unspecified atom stereocenters. The Morgan fingerprint density at radius 2 is 2.25 bits per heavy atom. The van der Waals surface area contributed by atoms with Crippen molar-refractivity contribution in [3.63, 3.8) is 0 Å². The Balaban J connectivity index is 2.04. The lowest BCUT2D eigenvalue weighted by atomic mass is 10.1. The highest BCUT2D eigenvalue weighted by Crippen LogP contribution is 2.18. The average Bonchev–Trinajstić information content (AvgIpc) is 2.46. The predicted octanol–water partition coefficient (Wildman–Crippen LogP) is -0.0836. The molecule has 0 aromatic carbocycles. The molecule has 7 nitrogen and oxygen atoms in total. The van der Waals surface area contributed by atoms with Gasteiger partial charge in [0, 0.05) is 45.3 Å². The number of morpholine rings is 1. The Bertz CT molecular complexity index is 521. The van der Waals surface area contributed by atoms with Crippen LogP contribution in [0.15, 0.2) is 18.6 Å². The quantitative estimate of drug-likeness (QED) is 0.760. The fourth-order valence-electron chi connectivity index (χ4n) is 2.15. The Morgan fingerprint density at radius 3 is 2.90 bits per heavy atom. The van der Waals surface area contributed by atoms with Gasteiger partial charge < -0.3 is 4.74 Å². The third-order valence-corrected chi connectivity index (χ3v) is 5.28. The molecule has 1 aromatic heterocycles. The van der Waals surface area contributed by atoms with Crippen molar-refractivity contribution in [1.82, 2.24) is 18.6 Å². The van der Waals surface area contributed by atoms with Crippen molar-refractivity contribution in [1.29, 1.82) is 0 Å². The average molecular weight is 300 g/mol. The largest absolute Gasteiger partial charge is 0.378 e. The molecule has 1 atom stereocenters. The molecule has 1 aliphatic rings. The lowest BCUT2D eigenvalue weighted by molar-refractivity contribution is 0.0276. The highest BCUT2D eigenvalue weighted by Gasteiger charge is 2.34. The Labute approximate surface area is 119 Å². The van der Waals surface area contributed by atoms with E-state index in [0.717, 1.165) is 5.69 Å². The molecule has 112 valence electrons. The molecule has 8 heteroatoms. The molecule has 0 radical (unpaired) electrons. The van der Waals surface area contributed by atoms with Crippen molar-refractivity contribution in [2.75, 3.05) is 33.9 Å². The van der Waals surface area contributed by atoms with Crippen LogP contribution in [0.25, 0.3) is 0 Å². The zero-order valence-corrected chi connectivity index (χ0v) is 12.6. The number of hydrogen-bond donors (Lipinski definition) is 0. The van der Waals surface area contributed by atoms with E-state index in [-0.39, 0.29) is 6.04 Å². The maximum atomic E-state index is 12.3. The van der Waals surface area contributed by atoms with Crippen molar-refractivity contribution >= 4 is 10.2 Å². The van der Waals surface area contributed by atoms with E-state index in [1.54, 1.807) is 32.7 Å². The van der Waals surface area contributed by atoms with Gasteiger partial charge in [0.1, 0.15) is 0 Å². The summed E-state index contributed by atoms with van der Waals surface area (Å²) in [4.78, 5) is 8.21. The second-order valence-electron chi connectivity index (χ2n) is 4.87. The SMILES string of the molecule is CN(C)S(=O)(=O)N1CCOC[C@H]1CCc1cnccn1. The fourth-order valence-corrected chi connectivity index (χ4v) is 3.42. The normalized spacial score (nSPS) is 21.2. The molecule has 1 saturated heterocycles. The molecule has 2 heterocycles. The van der Waals surface area contributed by atoms with Gasteiger partial charge in [0.2, 0.25) is 0 Å². The summed E-state index contributed by atoms with van der Waals surface area (Å²) >= 11 is 0. The van der Waals surface area contributed by atoms with Crippen molar-refractivity contribution in [3.8, 4) is 0 Å². The zero-order chi connectivity index (χ0) is 14.6. The van der Waals surface area contributed by atoms with Crippen LogP contribution in [0.1, 0.15) is 12.1 Å². The molecule has 0 amide bonds. The van der Waals surface area contributed by atoms with E-state index in [4.69, 9.17) is 4.74 Å². The van der Waals surface area contributed by atoms with Crippen LogP contribution in [-0.4, -0.2) is 66.9 Å². The fraction of sp³-hybridized carbons (Fsp3) is 0.667. The standard InChI is InChI=1S/C12H20N4O3S/c1-15(2)20(17,18)16-7-8-19-10-12(16)4-3-11-9-13-5-6-14-11/h5-6,9,12H,3-4,7-8,10H2,1-2H3/t12-/m1/s1. The van der Waals surface area contributed by atoms with Crippen LogP contribution in [0.4, 0.5) is 0 Å². The summed E-state index contributed by atoms with van der Waals surface area (Å²) in [5.41, 5.74) is 0.861. The van der Waals surface area contributed by atoms with Crippen LogP contribution >= 0.6 is 0 Å². The van der Waals surface area contributed by atoms with Crippen LogP contribution < -0.4 is 0 Å². The molecule has 0 spiro atoms. The molecular weight excluding hydrogens is 280 g/mol. The van der Waals surface area contributed by atoms with Crippen molar-refractivity contribution in [2.45, 2.75) is 18.9 Å². The van der Waals surface area contributed by atoms with Crippen molar-refractivity contribution in [3.05, 3.63) is 24.3 Å². The van der Waals surface area contributed by atoms with Crippen LogP contribution in [0, 0.1) is 0 Å². The summed E-state index contributed by atoms with van der Waals surface area (Å²) in [5, 5.41) is 0. The van der Waals surface area contributed by atoms with Gasteiger partial charge in [-0.15, -0.1) is 0 Å². The molecule has 0 saturated carbocycles. The van der Waals surface area contributed by atoms with Crippen LogP contribution in [-0.2, 0) is 21.4 Å². The van der Waals surface area contributed by atoms with Gasteiger partial charge in [-0.3, -0.25) is 9.97 Å². The van der Waals surface area contributed by atoms with Gasteiger partial charge in [-0.05, 0) is 12.8 Å². The van der Waals surface area contributed by atoms with E-state index in [0.29, 0.717) is 32.6 Å². The van der Waals surface area contributed by atoms with Gasteiger partial charge >= 0.3 is 0 Å². The van der Waals surface area contributed by atoms with Crippen molar-refractivity contribution in [2.24, 2.45) is 0 Å². The van der Waals surface area contributed by atoms with Crippen LogP contribution in [0.5, 0.6) is 0 Å². The number of hydrogen-bond acceptors (Lipinski definition) is 5. The minimum atomic E-state index is -3.40. The maximum absolute atomic E-state index is 12.3. The number of rotatable bonds is 5. The number of nitrogens with zero attached hydrogens (tertiary/aromatic N) is 4. The van der Waals surface area contributed by atoms with Gasteiger partial charge in [0.25, 0.3) is 10.2 Å². The first-order valence-electron chi connectivity index (χ1n) is 6.53. The van der Waals surface area contributed by atoms with E-state index >= 15 is 0 Å². The monoisotopic (exact) mass is 300 g/mol. The van der Waals surface area contributed by atoms with Gasteiger partial charge in [0.05, 0.1) is 18.9 Å². The van der Waals surface area contributed by atoms with E-state index in [1.807, 2.05) is 0 Å². The number of aromatic nitrogens is 2. The summed E-state index contributed by atoms with van der Waals surface area (Å²) in [6.07, 6.45) is 6.32. The summed E-state index contributed by atoms with van der Waals surface area (Å²) in [6, 6.07) is -0.154. The zero-order valence-electron chi connectivity index (χ0n) is 11.8. The molecule has 1 aliphatic heterocycles. The number of aryl methyl sites for hydroxylation is 1. The van der Waals surface area contributed by atoms with Gasteiger partial charge in [-0.25, -0.2) is 0 Å². The lowest BCUT2D eigenvalue weighted by Gasteiger charge is -2.36. The first-order valence-corrected chi connectivity index (χ1v) is 7.93. The van der Waals surface area contributed by atoms with E-state index in [1.165, 1.54) is 8.61 Å². The Morgan fingerprint density at radius 1 is 1.45 bits per heavy atom. The van der Waals surface area contributed by atoms with Crippen LogP contribution in [0.3, 0.4) is 0 Å². The number of ether oxygens (including phenoxy) is 1. The Hall–Kier alpha value is -1.09. The van der Waals surface area contributed by atoms with Crippen LogP contribution in [0.2, 0.25) is 0 Å². The van der Waals surface area contributed by atoms with E-state index in [9.17, 15) is 8.42 Å². The smallest absolute Gasteiger partial charge is 0.281 e. The molecule has 2 rings (SSSR count). The molecule has 1 aromatic rings. The molecule has 1 fully saturated rings. The predicted molar refractivity (Wildman–Crippen MR) is 74.3 cm³/mol. The topological polar surface area (TPSA) is 75.6 Å².